The third-order valence-corrected chi connectivity index (χ3v) is 6.34. The van der Waals surface area contributed by atoms with Gasteiger partial charge in [0.2, 0.25) is 5.91 Å². The van der Waals surface area contributed by atoms with Crippen LogP contribution in [0.1, 0.15) is 30.1 Å². The number of benzene rings is 2. The van der Waals surface area contributed by atoms with Crippen molar-refractivity contribution < 1.29 is 9.59 Å². The maximum Gasteiger partial charge on any atom is 0.224 e. The molecule has 1 N–H and O–H groups in total. The van der Waals surface area contributed by atoms with Crippen molar-refractivity contribution in [3.63, 3.8) is 0 Å². The summed E-state index contributed by atoms with van der Waals surface area (Å²) in [6.07, 6.45) is 1.08. The lowest BCUT2D eigenvalue weighted by Crippen LogP contribution is -2.13. The number of ketones is 1. The minimum atomic E-state index is -0.100. The van der Waals surface area contributed by atoms with E-state index in [2.05, 4.69) is 10.4 Å². The molecule has 0 fully saturated rings. The summed E-state index contributed by atoms with van der Waals surface area (Å²) in [7, 11) is 0. The third-order valence-electron chi connectivity index (χ3n) is 3.88. The normalized spacial score (nSPS) is 10.6. The predicted octanol–water partition coefficient (Wildman–Crippen LogP) is 5.38. The van der Waals surface area contributed by atoms with Gasteiger partial charge in [-0.1, -0.05) is 53.4 Å². The van der Waals surface area contributed by atoms with Gasteiger partial charge < -0.3 is 5.32 Å². The SMILES string of the molecule is CC(=O)c1ccccc1NC(=O)CCCSc1nn(-c2ccccc2)c(=S)s1. The van der Waals surface area contributed by atoms with Crippen molar-refractivity contribution in [3.05, 3.63) is 64.1 Å². The molecule has 0 aliphatic carbocycles. The molecule has 0 bridgehead atoms. The Morgan fingerprint density at radius 2 is 1.86 bits per heavy atom. The first-order valence-corrected chi connectivity index (χ1v) is 10.9. The molecule has 0 unspecified atom stereocenters. The van der Waals surface area contributed by atoms with E-state index in [1.807, 2.05) is 30.3 Å². The fraction of sp³-hybridized carbons (Fsp3) is 0.200. The minimum absolute atomic E-state index is 0.0679. The molecule has 1 amide bonds. The lowest BCUT2D eigenvalue weighted by molar-refractivity contribution is -0.116. The van der Waals surface area contributed by atoms with E-state index in [9.17, 15) is 9.59 Å². The van der Waals surface area contributed by atoms with Crippen LogP contribution in [0.25, 0.3) is 5.69 Å². The summed E-state index contributed by atoms with van der Waals surface area (Å²) in [6.45, 7) is 1.49. The monoisotopic (exact) mass is 429 g/mol. The molecule has 144 valence electrons. The van der Waals surface area contributed by atoms with Crippen LogP contribution in [0.5, 0.6) is 0 Å². The van der Waals surface area contributed by atoms with Gasteiger partial charge in [-0.3, -0.25) is 9.59 Å². The summed E-state index contributed by atoms with van der Waals surface area (Å²) < 4.78 is 3.34. The van der Waals surface area contributed by atoms with Crippen molar-refractivity contribution >= 4 is 52.7 Å². The van der Waals surface area contributed by atoms with Crippen LogP contribution < -0.4 is 5.32 Å². The molecule has 0 saturated heterocycles. The van der Waals surface area contributed by atoms with E-state index in [0.717, 1.165) is 15.8 Å². The fourth-order valence-electron chi connectivity index (χ4n) is 2.56. The molecule has 5 nitrogen and oxygen atoms in total. The number of anilines is 1. The number of nitrogens with one attached hydrogen (secondary N) is 1. The summed E-state index contributed by atoms with van der Waals surface area (Å²) in [5.74, 6) is 0.595. The van der Waals surface area contributed by atoms with Gasteiger partial charge in [0.25, 0.3) is 0 Å². The molecule has 0 atom stereocenters. The first-order chi connectivity index (χ1) is 13.5. The molecule has 0 aliphatic rings. The van der Waals surface area contributed by atoms with Gasteiger partial charge in [0.1, 0.15) is 0 Å². The number of hydrogen-bond donors (Lipinski definition) is 1. The van der Waals surface area contributed by atoms with Crippen molar-refractivity contribution in [2.75, 3.05) is 11.1 Å². The van der Waals surface area contributed by atoms with Crippen molar-refractivity contribution in [3.8, 4) is 5.69 Å². The average molecular weight is 430 g/mol. The highest BCUT2D eigenvalue weighted by atomic mass is 32.2. The molecule has 0 spiro atoms. The quantitative estimate of drug-likeness (QED) is 0.225. The molecule has 0 saturated carbocycles. The van der Waals surface area contributed by atoms with Gasteiger partial charge >= 0.3 is 0 Å². The molecule has 1 aromatic heterocycles. The number of carbonyl (C=O) groups excluding carboxylic acids is 2. The molecule has 1 heterocycles. The van der Waals surface area contributed by atoms with E-state index < -0.39 is 0 Å². The Bertz CT molecular complexity index is 1030. The number of amides is 1. The van der Waals surface area contributed by atoms with Crippen molar-refractivity contribution in [2.45, 2.75) is 24.1 Å². The third kappa shape index (κ3) is 5.37. The first kappa shape index (κ1) is 20.4. The lowest BCUT2D eigenvalue weighted by Gasteiger charge is -2.08. The highest BCUT2D eigenvalue weighted by Crippen LogP contribution is 2.25. The lowest BCUT2D eigenvalue weighted by atomic mass is 10.1. The molecular formula is C20H19N3O2S3. The summed E-state index contributed by atoms with van der Waals surface area (Å²) in [5, 5.41) is 7.37. The fourth-order valence-corrected chi connectivity index (χ4v) is 4.93. The smallest absolute Gasteiger partial charge is 0.224 e. The predicted molar refractivity (Wildman–Crippen MR) is 117 cm³/mol. The van der Waals surface area contributed by atoms with Gasteiger partial charge in [-0.05, 0) is 49.8 Å². The maximum atomic E-state index is 12.2. The molecule has 0 radical (unpaired) electrons. The number of carbonyl (C=O) groups is 2. The number of para-hydroxylation sites is 2. The first-order valence-electron chi connectivity index (χ1n) is 8.73. The molecule has 3 aromatic rings. The van der Waals surface area contributed by atoms with Gasteiger partial charge in [0.15, 0.2) is 14.1 Å². The second kappa shape index (κ2) is 9.77. The summed E-state index contributed by atoms with van der Waals surface area (Å²) in [5.41, 5.74) is 2.03. The second-order valence-corrected chi connectivity index (χ2v) is 8.95. The van der Waals surface area contributed by atoms with Crippen LogP contribution in [-0.2, 0) is 4.79 Å². The number of thioether (sulfide) groups is 1. The maximum absolute atomic E-state index is 12.2. The highest BCUT2D eigenvalue weighted by Gasteiger charge is 2.10. The Morgan fingerprint density at radius 1 is 1.14 bits per heavy atom. The topological polar surface area (TPSA) is 64.0 Å². The van der Waals surface area contributed by atoms with Crippen molar-refractivity contribution in [1.29, 1.82) is 0 Å². The van der Waals surface area contributed by atoms with Crippen LogP contribution in [0.2, 0.25) is 0 Å². The van der Waals surface area contributed by atoms with Crippen LogP contribution in [0.4, 0.5) is 5.69 Å². The molecule has 8 heteroatoms. The summed E-state index contributed by atoms with van der Waals surface area (Å²) in [6, 6.07) is 16.8. The Kier molecular flexibility index (Phi) is 7.13. The number of nitrogens with zero attached hydrogens (tertiary/aromatic N) is 2. The van der Waals surface area contributed by atoms with E-state index in [4.69, 9.17) is 12.2 Å². The van der Waals surface area contributed by atoms with Gasteiger partial charge in [0.05, 0.1) is 11.4 Å². The van der Waals surface area contributed by atoms with E-state index >= 15 is 0 Å². The van der Waals surface area contributed by atoms with Crippen molar-refractivity contribution in [1.82, 2.24) is 9.78 Å². The Balaban J connectivity index is 1.49. The average Bonchev–Trinajstić information content (AvgIpc) is 3.07. The minimum Gasteiger partial charge on any atom is -0.325 e. The zero-order valence-electron chi connectivity index (χ0n) is 15.3. The Morgan fingerprint density at radius 3 is 2.61 bits per heavy atom. The van der Waals surface area contributed by atoms with E-state index in [0.29, 0.717) is 28.0 Å². The zero-order chi connectivity index (χ0) is 19.9. The van der Waals surface area contributed by atoms with Crippen molar-refractivity contribution in [2.24, 2.45) is 0 Å². The van der Waals surface area contributed by atoms with E-state index in [1.165, 1.54) is 18.3 Å². The largest absolute Gasteiger partial charge is 0.325 e. The van der Waals surface area contributed by atoms with Gasteiger partial charge in [-0.25, -0.2) is 4.68 Å². The van der Waals surface area contributed by atoms with Gasteiger partial charge in [-0.2, -0.15) is 0 Å². The van der Waals surface area contributed by atoms with Crippen LogP contribution in [0.15, 0.2) is 58.9 Å². The van der Waals surface area contributed by atoms with E-state index in [-0.39, 0.29) is 11.7 Å². The summed E-state index contributed by atoms with van der Waals surface area (Å²) in [4.78, 5) is 23.8. The second-order valence-electron chi connectivity index (χ2n) is 5.98. The molecular weight excluding hydrogens is 410 g/mol. The van der Waals surface area contributed by atoms with E-state index in [1.54, 1.807) is 40.7 Å². The molecule has 2 aromatic carbocycles. The Hall–Kier alpha value is -2.29. The standard InChI is InChI=1S/C20H19N3O2S3/c1-14(24)16-10-5-6-11-17(16)21-18(25)12-7-13-27-19-22-23(20(26)28-19)15-8-3-2-4-9-15/h2-6,8-11H,7,12-13H2,1H3,(H,21,25). The number of rotatable bonds is 8. The highest BCUT2D eigenvalue weighted by molar-refractivity contribution is 8.01. The van der Waals surface area contributed by atoms with Crippen LogP contribution in [-0.4, -0.2) is 27.2 Å². The van der Waals surface area contributed by atoms with Crippen LogP contribution in [0, 0.1) is 3.95 Å². The summed E-state index contributed by atoms with van der Waals surface area (Å²) >= 11 is 8.45. The molecule has 28 heavy (non-hydrogen) atoms. The van der Waals surface area contributed by atoms with Crippen LogP contribution >= 0.6 is 35.3 Å². The van der Waals surface area contributed by atoms with Crippen LogP contribution in [0.3, 0.4) is 0 Å². The Labute approximate surface area is 176 Å². The zero-order valence-corrected chi connectivity index (χ0v) is 17.7. The number of Topliss-reactive ketones (excluding diaryl/α,β-unsaturated/α-hetero) is 1. The molecule has 3 rings (SSSR count). The number of hydrogen-bond acceptors (Lipinski definition) is 6. The van der Waals surface area contributed by atoms with Gasteiger partial charge in [-0.15, -0.1) is 5.10 Å². The van der Waals surface area contributed by atoms with Gasteiger partial charge in [0, 0.05) is 17.7 Å². The number of aromatic nitrogens is 2. The molecule has 0 aliphatic heterocycles.